The average molecular weight is 412 g/mol. The fourth-order valence-corrected chi connectivity index (χ4v) is 2.98. The van der Waals surface area contributed by atoms with Crippen molar-refractivity contribution in [1.82, 2.24) is 14.8 Å². The quantitative estimate of drug-likeness (QED) is 0.546. The van der Waals surface area contributed by atoms with Gasteiger partial charge in [-0.15, -0.1) is 5.10 Å². The first-order valence-electron chi connectivity index (χ1n) is 9.66. The highest BCUT2D eigenvalue weighted by Gasteiger charge is 2.21. The van der Waals surface area contributed by atoms with Crippen LogP contribution in [0.1, 0.15) is 50.5 Å². The van der Waals surface area contributed by atoms with Gasteiger partial charge in [0.15, 0.2) is 5.82 Å². The highest BCUT2D eigenvalue weighted by molar-refractivity contribution is 6.31. The number of benzene rings is 2. The van der Waals surface area contributed by atoms with E-state index in [1.165, 1.54) is 10.2 Å². The number of ether oxygens (including phenoxy) is 1. The molecule has 0 saturated heterocycles. The summed E-state index contributed by atoms with van der Waals surface area (Å²) < 4.78 is 6.96. The third kappa shape index (κ3) is 5.04. The minimum Gasteiger partial charge on any atom is -0.462 e. The van der Waals surface area contributed by atoms with Crippen LogP contribution in [0.5, 0.6) is 6.01 Å². The lowest BCUT2D eigenvalue weighted by molar-refractivity contribution is 0.0944. The number of aromatic nitrogens is 3. The summed E-state index contributed by atoms with van der Waals surface area (Å²) in [6, 6.07) is 15.0. The third-order valence-electron chi connectivity index (χ3n) is 4.41. The second-order valence-corrected chi connectivity index (χ2v) is 8.91. The van der Waals surface area contributed by atoms with Gasteiger partial charge in [0.05, 0.1) is 6.61 Å². The summed E-state index contributed by atoms with van der Waals surface area (Å²) in [5, 5.41) is 4.82. The van der Waals surface area contributed by atoms with E-state index in [0.29, 0.717) is 28.9 Å². The lowest BCUT2D eigenvalue weighted by Gasteiger charge is -2.19. The van der Waals surface area contributed by atoms with Crippen LogP contribution in [0.4, 0.5) is 0 Å². The first-order valence-corrected chi connectivity index (χ1v) is 10.0. The highest BCUT2D eigenvalue weighted by atomic mass is 35.5. The van der Waals surface area contributed by atoms with Gasteiger partial charge in [-0.3, -0.25) is 4.79 Å². The van der Waals surface area contributed by atoms with Gasteiger partial charge in [0.2, 0.25) is 0 Å². The summed E-state index contributed by atoms with van der Waals surface area (Å²) in [6.45, 7) is 11.0. The molecule has 0 unspecified atom stereocenters. The molecular weight excluding hydrogens is 386 g/mol. The number of halogens is 1. The standard InChI is InChI=1S/C23H26ClN3O2/c1-15(2)14-29-22-25-20(16-9-11-18(12-10-16)23(3,4)5)27(26-22)21(28)17-7-6-8-19(24)13-17/h6-13,15H,14H2,1-5H3. The molecule has 0 aliphatic carbocycles. The predicted molar refractivity (Wildman–Crippen MR) is 116 cm³/mol. The Labute approximate surface area is 176 Å². The number of nitrogens with zero attached hydrogens (tertiary/aromatic N) is 3. The van der Waals surface area contributed by atoms with Gasteiger partial charge in [0.25, 0.3) is 5.91 Å². The van der Waals surface area contributed by atoms with Crippen molar-refractivity contribution in [2.45, 2.75) is 40.0 Å². The molecule has 1 heterocycles. The van der Waals surface area contributed by atoms with E-state index in [2.05, 4.69) is 30.9 Å². The molecule has 29 heavy (non-hydrogen) atoms. The van der Waals surface area contributed by atoms with Gasteiger partial charge >= 0.3 is 6.01 Å². The van der Waals surface area contributed by atoms with Crippen LogP contribution in [0.2, 0.25) is 5.02 Å². The zero-order valence-corrected chi connectivity index (χ0v) is 18.2. The van der Waals surface area contributed by atoms with Crippen molar-refractivity contribution in [3.8, 4) is 17.4 Å². The fourth-order valence-electron chi connectivity index (χ4n) is 2.79. The lowest BCUT2D eigenvalue weighted by Crippen LogP contribution is -2.16. The minimum absolute atomic E-state index is 0.0361. The average Bonchev–Trinajstić information content (AvgIpc) is 3.09. The molecule has 152 valence electrons. The van der Waals surface area contributed by atoms with E-state index in [-0.39, 0.29) is 17.3 Å². The largest absolute Gasteiger partial charge is 0.462 e. The molecule has 0 N–H and O–H groups in total. The molecule has 5 nitrogen and oxygen atoms in total. The molecule has 3 rings (SSSR count). The van der Waals surface area contributed by atoms with Crippen LogP contribution in [0.15, 0.2) is 48.5 Å². The minimum atomic E-state index is -0.311. The Balaban J connectivity index is 2.03. The smallest absolute Gasteiger partial charge is 0.336 e. The van der Waals surface area contributed by atoms with E-state index in [9.17, 15) is 4.79 Å². The van der Waals surface area contributed by atoms with Crippen LogP contribution < -0.4 is 4.74 Å². The Morgan fingerprint density at radius 1 is 1.14 bits per heavy atom. The van der Waals surface area contributed by atoms with Gasteiger partial charge in [0.1, 0.15) is 0 Å². The van der Waals surface area contributed by atoms with Crippen molar-refractivity contribution in [1.29, 1.82) is 0 Å². The Morgan fingerprint density at radius 2 is 1.83 bits per heavy atom. The molecule has 0 aliphatic heterocycles. The highest BCUT2D eigenvalue weighted by Crippen LogP contribution is 2.27. The van der Waals surface area contributed by atoms with E-state index < -0.39 is 0 Å². The van der Waals surface area contributed by atoms with Crippen LogP contribution in [0.3, 0.4) is 0 Å². The van der Waals surface area contributed by atoms with Crippen molar-refractivity contribution in [3.63, 3.8) is 0 Å². The number of carbonyl (C=O) groups is 1. The third-order valence-corrected chi connectivity index (χ3v) is 4.64. The van der Waals surface area contributed by atoms with E-state index in [0.717, 1.165) is 5.56 Å². The van der Waals surface area contributed by atoms with Gasteiger partial charge in [0, 0.05) is 16.1 Å². The van der Waals surface area contributed by atoms with Crippen molar-refractivity contribution in [2.75, 3.05) is 6.61 Å². The molecule has 0 spiro atoms. The van der Waals surface area contributed by atoms with Crippen LogP contribution in [-0.2, 0) is 5.41 Å². The van der Waals surface area contributed by atoms with Crippen LogP contribution >= 0.6 is 11.6 Å². The lowest BCUT2D eigenvalue weighted by atomic mass is 9.87. The maximum absolute atomic E-state index is 13.1. The molecule has 0 bridgehead atoms. The summed E-state index contributed by atoms with van der Waals surface area (Å²) >= 11 is 6.06. The maximum atomic E-state index is 13.1. The first-order chi connectivity index (χ1) is 13.6. The maximum Gasteiger partial charge on any atom is 0.336 e. The topological polar surface area (TPSA) is 57.0 Å². The Bertz CT molecular complexity index is 1000. The summed E-state index contributed by atoms with van der Waals surface area (Å²) in [5.41, 5.74) is 2.46. The van der Waals surface area contributed by atoms with Gasteiger partial charge in [-0.2, -0.15) is 9.67 Å². The molecule has 0 aliphatic rings. The molecule has 0 radical (unpaired) electrons. The van der Waals surface area contributed by atoms with Crippen LogP contribution in [-0.4, -0.2) is 27.3 Å². The summed E-state index contributed by atoms with van der Waals surface area (Å²) in [6.07, 6.45) is 0. The number of hydrogen-bond donors (Lipinski definition) is 0. The summed E-state index contributed by atoms with van der Waals surface area (Å²) in [4.78, 5) is 17.6. The van der Waals surface area contributed by atoms with Crippen LogP contribution in [0.25, 0.3) is 11.4 Å². The zero-order valence-electron chi connectivity index (χ0n) is 17.4. The summed E-state index contributed by atoms with van der Waals surface area (Å²) in [7, 11) is 0. The monoisotopic (exact) mass is 411 g/mol. The molecule has 2 aromatic carbocycles. The zero-order chi connectivity index (χ0) is 21.2. The van der Waals surface area contributed by atoms with E-state index in [4.69, 9.17) is 16.3 Å². The van der Waals surface area contributed by atoms with E-state index >= 15 is 0 Å². The number of carbonyl (C=O) groups excluding carboxylic acids is 1. The fraction of sp³-hybridized carbons (Fsp3) is 0.348. The Morgan fingerprint density at radius 3 is 2.41 bits per heavy atom. The van der Waals surface area contributed by atoms with E-state index in [1.54, 1.807) is 24.3 Å². The van der Waals surface area contributed by atoms with E-state index in [1.807, 2.05) is 38.1 Å². The van der Waals surface area contributed by atoms with Crippen molar-refractivity contribution in [2.24, 2.45) is 5.92 Å². The van der Waals surface area contributed by atoms with Gasteiger partial charge in [-0.25, -0.2) is 0 Å². The Kier molecular flexibility index (Phi) is 6.08. The van der Waals surface area contributed by atoms with Crippen molar-refractivity contribution >= 4 is 17.5 Å². The summed E-state index contributed by atoms with van der Waals surface area (Å²) in [5.74, 6) is 0.448. The molecular formula is C23H26ClN3O2. The molecule has 1 aromatic heterocycles. The van der Waals surface area contributed by atoms with Crippen molar-refractivity contribution < 1.29 is 9.53 Å². The molecule has 0 saturated carbocycles. The van der Waals surface area contributed by atoms with Gasteiger partial charge in [-0.05, 0) is 35.1 Å². The SMILES string of the molecule is CC(C)COc1nc(-c2ccc(C(C)(C)C)cc2)n(C(=O)c2cccc(Cl)c2)n1. The second kappa shape index (κ2) is 8.37. The van der Waals surface area contributed by atoms with Crippen molar-refractivity contribution in [3.05, 3.63) is 64.7 Å². The van der Waals surface area contributed by atoms with Crippen LogP contribution in [0, 0.1) is 5.92 Å². The Hall–Kier alpha value is -2.66. The number of rotatable bonds is 5. The predicted octanol–water partition coefficient (Wildman–Crippen LogP) is 5.62. The molecule has 6 heteroatoms. The van der Waals surface area contributed by atoms with Gasteiger partial charge < -0.3 is 4.74 Å². The molecule has 0 atom stereocenters. The molecule has 0 amide bonds. The molecule has 0 fully saturated rings. The van der Waals surface area contributed by atoms with Gasteiger partial charge in [-0.1, -0.05) is 76.6 Å². The normalized spacial score (nSPS) is 11.7. The number of hydrogen-bond acceptors (Lipinski definition) is 4. The molecule has 3 aromatic rings. The first kappa shape index (κ1) is 21.1. The second-order valence-electron chi connectivity index (χ2n) is 8.48.